The highest BCUT2D eigenvalue weighted by atomic mass is 19.4. The third-order valence-electron chi connectivity index (χ3n) is 4.93. The molecular weight excluding hydrogens is 467 g/mol. The number of nitriles is 1. The topological polar surface area (TPSA) is 138 Å². The van der Waals surface area contributed by atoms with Crippen LogP contribution in [-0.2, 0) is 11.0 Å². The number of aromatic nitrogens is 3. The third-order valence-corrected chi connectivity index (χ3v) is 4.93. The van der Waals surface area contributed by atoms with Gasteiger partial charge in [-0.25, -0.2) is 0 Å². The molecule has 2 aromatic carbocycles. The maximum atomic E-state index is 13.9. The van der Waals surface area contributed by atoms with Crippen LogP contribution in [0.2, 0.25) is 0 Å². The minimum atomic E-state index is -4.81. The first-order valence-electron chi connectivity index (χ1n) is 10.1. The molecule has 2 atom stereocenters. The van der Waals surface area contributed by atoms with Gasteiger partial charge in [-0.3, -0.25) is 4.79 Å². The monoisotopic (exact) mass is 483 g/mol. The molecule has 0 bridgehead atoms. The van der Waals surface area contributed by atoms with Gasteiger partial charge in [-0.1, -0.05) is 64.9 Å². The fourth-order valence-corrected chi connectivity index (χ4v) is 3.22. The number of nitrogens with zero attached hydrogens (tertiary/aromatic N) is 4. The van der Waals surface area contributed by atoms with Crippen molar-refractivity contribution in [1.29, 1.82) is 5.26 Å². The predicted octanol–water partition coefficient (Wildman–Crippen LogP) is 4.14. The highest BCUT2D eigenvalue weighted by Crippen LogP contribution is 2.43. The van der Waals surface area contributed by atoms with Crippen molar-refractivity contribution >= 4 is 5.91 Å². The molecule has 1 unspecified atom stereocenters. The first-order chi connectivity index (χ1) is 16.7. The van der Waals surface area contributed by atoms with Crippen LogP contribution in [0.4, 0.5) is 13.2 Å². The first-order valence-corrected chi connectivity index (χ1v) is 10.1. The summed E-state index contributed by atoms with van der Waals surface area (Å²) in [5.41, 5.74) is -0.776. The number of carbonyl (C=O) groups is 1. The van der Waals surface area contributed by atoms with E-state index >= 15 is 0 Å². The summed E-state index contributed by atoms with van der Waals surface area (Å²) in [7, 11) is 0. The summed E-state index contributed by atoms with van der Waals surface area (Å²) in [6.45, 7) is 1.46. The maximum absolute atomic E-state index is 13.9. The van der Waals surface area contributed by atoms with Gasteiger partial charge in [-0.15, -0.1) is 0 Å². The van der Waals surface area contributed by atoms with Gasteiger partial charge in [0.2, 0.25) is 11.6 Å². The molecule has 0 fully saturated rings. The lowest BCUT2D eigenvalue weighted by atomic mass is 10.1. The van der Waals surface area contributed by atoms with Crippen LogP contribution < -0.4 is 5.32 Å². The molecule has 178 valence electrons. The van der Waals surface area contributed by atoms with E-state index < -0.39 is 47.1 Å². The number of hydrogen-bond donors (Lipinski definition) is 2. The number of alkyl halides is 3. The van der Waals surface area contributed by atoms with Crippen LogP contribution in [0.1, 0.15) is 24.2 Å². The van der Waals surface area contributed by atoms with E-state index in [1.807, 2.05) is 6.07 Å². The molecule has 1 amide bonds. The van der Waals surface area contributed by atoms with Gasteiger partial charge < -0.3 is 19.5 Å². The van der Waals surface area contributed by atoms with Crippen LogP contribution in [0.15, 0.2) is 63.6 Å². The van der Waals surface area contributed by atoms with Gasteiger partial charge in [0.1, 0.15) is 17.3 Å². The van der Waals surface area contributed by atoms with Gasteiger partial charge in [-0.2, -0.15) is 23.4 Å². The molecule has 35 heavy (non-hydrogen) atoms. The SMILES string of the molecule is C[C@H](C#N)NC(=O)C(O)c1ccc(-c2noc(-c3onc(-c4ccccc4)c3C(F)(F)F)n2)cc1. The zero-order valence-electron chi connectivity index (χ0n) is 17.9. The zero-order chi connectivity index (χ0) is 25.2. The second-order valence-corrected chi connectivity index (χ2v) is 7.41. The van der Waals surface area contributed by atoms with Crippen LogP contribution in [0.3, 0.4) is 0 Å². The lowest BCUT2D eigenvalue weighted by Crippen LogP contribution is -2.35. The molecule has 4 rings (SSSR count). The van der Waals surface area contributed by atoms with Crippen molar-refractivity contribution in [2.24, 2.45) is 0 Å². The van der Waals surface area contributed by atoms with Gasteiger partial charge in [-0.05, 0) is 12.5 Å². The van der Waals surface area contributed by atoms with Gasteiger partial charge in [0.15, 0.2) is 6.10 Å². The van der Waals surface area contributed by atoms with Crippen molar-refractivity contribution in [3.63, 3.8) is 0 Å². The van der Waals surface area contributed by atoms with E-state index in [0.717, 1.165) is 0 Å². The lowest BCUT2D eigenvalue weighted by Gasteiger charge is -2.12. The van der Waals surface area contributed by atoms with E-state index in [1.165, 1.54) is 43.3 Å². The molecule has 0 saturated carbocycles. The molecular formula is C23H16F3N5O4. The Labute approximate surface area is 195 Å². The fourth-order valence-electron chi connectivity index (χ4n) is 3.22. The number of amides is 1. The Morgan fingerprint density at radius 3 is 2.37 bits per heavy atom. The van der Waals surface area contributed by atoms with E-state index in [1.54, 1.807) is 18.2 Å². The van der Waals surface area contributed by atoms with Gasteiger partial charge in [0.05, 0.1) is 6.07 Å². The largest absolute Gasteiger partial charge is 0.422 e. The summed E-state index contributed by atoms with van der Waals surface area (Å²) in [6.07, 6.45) is -6.34. The number of hydrogen-bond acceptors (Lipinski definition) is 8. The second-order valence-electron chi connectivity index (χ2n) is 7.41. The smallest absolute Gasteiger partial charge is 0.378 e. The minimum absolute atomic E-state index is 0.0469. The molecule has 0 aliphatic heterocycles. The molecule has 9 nitrogen and oxygen atoms in total. The van der Waals surface area contributed by atoms with E-state index in [9.17, 15) is 23.1 Å². The third kappa shape index (κ3) is 4.90. The molecule has 0 aliphatic rings. The number of rotatable bonds is 6. The van der Waals surface area contributed by atoms with Gasteiger partial charge in [0, 0.05) is 11.1 Å². The minimum Gasteiger partial charge on any atom is -0.378 e. The average Bonchev–Trinajstić information content (AvgIpc) is 3.51. The number of aliphatic hydroxyl groups is 1. The number of halogens is 3. The zero-order valence-corrected chi connectivity index (χ0v) is 17.9. The van der Waals surface area contributed by atoms with Crippen LogP contribution in [0, 0.1) is 11.3 Å². The maximum Gasteiger partial charge on any atom is 0.422 e. The number of benzene rings is 2. The average molecular weight is 483 g/mol. The van der Waals surface area contributed by atoms with Crippen molar-refractivity contribution in [3.05, 3.63) is 65.7 Å². The number of carbonyl (C=O) groups excluding carboxylic acids is 1. The molecule has 2 N–H and O–H groups in total. The highest BCUT2D eigenvalue weighted by Gasteiger charge is 2.43. The van der Waals surface area contributed by atoms with Crippen molar-refractivity contribution in [1.82, 2.24) is 20.6 Å². The van der Waals surface area contributed by atoms with Crippen molar-refractivity contribution in [3.8, 4) is 40.4 Å². The fraction of sp³-hybridized carbons (Fsp3) is 0.174. The van der Waals surface area contributed by atoms with Gasteiger partial charge >= 0.3 is 6.18 Å². The molecule has 0 saturated heterocycles. The molecule has 2 heterocycles. The van der Waals surface area contributed by atoms with Gasteiger partial charge in [0.25, 0.3) is 11.8 Å². The molecule has 0 spiro atoms. The van der Waals surface area contributed by atoms with Crippen molar-refractivity contribution in [2.75, 3.05) is 0 Å². The summed E-state index contributed by atoms with van der Waals surface area (Å²) < 4.78 is 51.6. The quantitative estimate of drug-likeness (QED) is 0.417. The normalized spacial score (nSPS) is 13.1. The summed E-state index contributed by atoms with van der Waals surface area (Å²) in [5, 5.41) is 28.5. The Morgan fingerprint density at radius 2 is 1.74 bits per heavy atom. The van der Waals surface area contributed by atoms with E-state index in [2.05, 4.69) is 20.6 Å². The Bertz CT molecular complexity index is 1370. The highest BCUT2D eigenvalue weighted by molar-refractivity contribution is 5.82. The van der Waals surface area contributed by atoms with Crippen LogP contribution in [0.25, 0.3) is 34.3 Å². The Kier molecular flexibility index (Phi) is 6.35. The Hall–Kier alpha value is -4.50. The summed E-state index contributed by atoms with van der Waals surface area (Å²) in [4.78, 5) is 16.0. The summed E-state index contributed by atoms with van der Waals surface area (Å²) in [6, 6.07) is 14.5. The van der Waals surface area contributed by atoms with Crippen LogP contribution in [0.5, 0.6) is 0 Å². The molecule has 2 aromatic heterocycles. The van der Waals surface area contributed by atoms with E-state index in [4.69, 9.17) is 14.3 Å². The van der Waals surface area contributed by atoms with Crippen molar-refractivity contribution < 1.29 is 32.1 Å². The Balaban J connectivity index is 1.61. The lowest BCUT2D eigenvalue weighted by molar-refractivity contribution is -0.137. The first kappa shape index (κ1) is 23.7. The van der Waals surface area contributed by atoms with Crippen LogP contribution >= 0.6 is 0 Å². The second kappa shape index (κ2) is 9.40. The molecule has 0 radical (unpaired) electrons. The standard InChI is InChI=1S/C23H16F3N5O4/c1-12(11-27)28-21(33)18(32)14-7-9-15(10-8-14)20-29-22(35-31-20)19-16(23(24,25)26)17(30-34-19)13-5-3-2-4-6-13/h2-10,12,18,32H,1H3,(H,28,33)/t12-,18?/m1/s1. The van der Waals surface area contributed by atoms with Crippen LogP contribution in [-0.4, -0.2) is 32.4 Å². The molecule has 0 aliphatic carbocycles. The summed E-state index contributed by atoms with van der Waals surface area (Å²) in [5.74, 6) is -2.04. The number of aliphatic hydroxyl groups excluding tert-OH is 1. The summed E-state index contributed by atoms with van der Waals surface area (Å²) >= 11 is 0. The molecule has 12 heteroatoms. The molecule has 4 aromatic rings. The van der Waals surface area contributed by atoms with Crippen molar-refractivity contribution in [2.45, 2.75) is 25.2 Å². The van der Waals surface area contributed by atoms with E-state index in [0.29, 0.717) is 5.56 Å². The number of nitrogens with one attached hydrogen (secondary N) is 1. The van der Waals surface area contributed by atoms with E-state index in [-0.39, 0.29) is 17.0 Å². The Morgan fingerprint density at radius 1 is 1.06 bits per heavy atom. The predicted molar refractivity (Wildman–Crippen MR) is 114 cm³/mol.